The summed E-state index contributed by atoms with van der Waals surface area (Å²) in [5.74, 6) is 0. The van der Waals surface area contributed by atoms with E-state index in [0.29, 0.717) is 0 Å². The second kappa shape index (κ2) is 5.41. The van der Waals surface area contributed by atoms with E-state index in [2.05, 4.69) is 63.9 Å². The lowest BCUT2D eigenvalue weighted by molar-refractivity contribution is 0.807. The summed E-state index contributed by atoms with van der Waals surface area (Å²) in [6.45, 7) is 2.09. The van der Waals surface area contributed by atoms with Crippen LogP contribution in [0.2, 0.25) is 0 Å². The SMILES string of the molecule is Nc1cc(I)ccc1N1CCc2ccccc2CC1. The van der Waals surface area contributed by atoms with Gasteiger partial charge in [-0.25, -0.2) is 0 Å². The third-order valence-corrected chi connectivity index (χ3v) is 4.42. The van der Waals surface area contributed by atoms with Crippen molar-refractivity contribution in [2.75, 3.05) is 23.7 Å². The molecule has 2 aromatic rings. The van der Waals surface area contributed by atoms with Crippen LogP contribution in [0, 0.1) is 3.57 Å². The molecule has 98 valence electrons. The fourth-order valence-electron chi connectivity index (χ4n) is 2.72. The lowest BCUT2D eigenvalue weighted by Gasteiger charge is -2.24. The summed E-state index contributed by atoms with van der Waals surface area (Å²) >= 11 is 2.30. The minimum absolute atomic E-state index is 0.887. The number of nitrogens with zero attached hydrogens (tertiary/aromatic N) is 1. The van der Waals surface area contributed by atoms with Crippen molar-refractivity contribution in [1.29, 1.82) is 0 Å². The van der Waals surface area contributed by atoms with Crippen molar-refractivity contribution in [3.8, 4) is 0 Å². The molecule has 0 aromatic heterocycles. The molecule has 2 nitrogen and oxygen atoms in total. The zero-order valence-corrected chi connectivity index (χ0v) is 12.9. The zero-order valence-electron chi connectivity index (χ0n) is 10.8. The van der Waals surface area contributed by atoms with Gasteiger partial charge in [-0.2, -0.15) is 0 Å². The monoisotopic (exact) mass is 364 g/mol. The van der Waals surface area contributed by atoms with Gasteiger partial charge in [-0.1, -0.05) is 24.3 Å². The first-order valence-electron chi connectivity index (χ1n) is 6.61. The Labute approximate surface area is 127 Å². The van der Waals surface area contributed by atoms with Crippen LogP contribution >= 0.6 is 22.6 Å². The molecule has 2 aromatic carbocycles. The first-order chi connectivity index (χ1) is 9.24. The van der Waals surface area contributed by atoms with Crippen molar-refractivity contribution in [2.45, 2.75) is 12.8 Å². The lowest BCUT2D eigenvalue weighted by atomic mass is 10.0. The van der Waals surface area contributed by atoms with Crippen molar-refractivity contribution in [3.63, 3.8) is 0 Å². The Morgan fingerprint density at radius 1 is 0.947 bits per heavy atom. The van der Waals surface area contributed by atoms with Crippen LogP contribution in [-0.2, 0) is 12.8 Å². The highest BCUT2D eigenvalue weighted by Gasteiger charge is 2.15. The van der Waals surface area contributed by atoms with E-state index in [4.69, 9.17) is 5.73 Å². The molecule has 3 rings (SSSR count). The maximum absolute atomic E-state index is 6.16. The van der Waals surface area contributed by atoms with Gasteiger partial charge in [0, 0.05) is 16.7 Å². The molecule has 0 radical (unpaired) electrons. The van der Waals surface area contributed by atoms with Gasteiger partial charge < -0.3 is 10.6 Å². The number of anilines is 2. The van der Waals surface area contributed by atoms with Crippen LogP contribution in [0.1, 0.15) is 11.1 Å². The molecule has 0 unspecified atom stereocenters. The number of benzene rings is 2. The van der Waals surface area contributed by atoms with Crippen LogP contribution in [0.15, 0.2) is 42.5 Å². The normalized spacial score (nSPS) is 14.9. The van der Waals surface area contributed by atoms with Gasteiger partial charge in [-0.15, -0.1) is 0 Å². The van der Waals surface area contributed by atoms with Crippen molar-refractivity contribution in [2.24, 2.45) is 0 Å². The molecule has 0 saturated carbocycles. The Morgan fingerprint density at radius 3 is 2.16 bits per heavy atom. The Morgan fingerprint density at radius 2 is 1.58 bits per heavy atom. The molecule has 1 aliphatic rings. The first kappa shape index (κ1) is 12.8. The van der Waals surface area contributed by atoms with Crippen LogP contribution in [0.3, 0.4) is 0 Å². The third-order valence-electron chi connectivity index (χ3n) is 3.75. The van der Waals surface area contributed by atoms with E-state index < -0.39 is 0 Å². The van der Waals surface area contributed by atoms with Crippen molar-refractivity contribution in [3.05, 3.63) is 57.2 Å². The number of rotatable bonds is 1. The molecule has 0 aliphatic carbocycles. The first-order valence-corrected chi connectivity index (χ1v) is 7.68. The molecule has 3 heteroatoms. The minimum atomic E-state index is 0.887. The van der Waals surface area contributed by atoms with Crippen LogP contribution < -0.4 is 10.6 Å². The summed E-state index contributed by atoms with van der Waals surface area (Å²) in [5.41, 5.74) is 11.2. The topological polar surface area (TPSA) is 29.3 Å². The largest absolute Gasteiger partial charge is 0.397 e. The van der Waals surface area contributed by atoms with Crippen LogP contribution in [0.4, 0.5) is 11.4 Å². The molecule has 2 N–H and O–H groups in total. The standard InChI is InChI=1S/C16H17IN2/c17-14-5-6-16(15(18)11-14)19-9-7-12-3-1-2-4-13(12)8-10-19/h1-6,11H,7-10,18H2. The summed E-state index contributed by atoms with van der Waals surface area (Å²) < 4.78 is 1.19. The second-order valence-electron chi connectivity index (χ2n) is 4.96. The third kappa shape index (κ3) is 2.71. The van der Waals surface area contributed by atoms with Crippen molar-refractivity contribution >= 4 is 34.0 Å². The molecule has 0 atom stereocenters. The van der Waals surface area contributed by atoms with E-state index in [9.17, 15) is 0 Å². The highest BCUT2D eigenvalue weighted by Crippen LogP contribution is 2.27. The van der Waals surface area contributed by atoms with E-state index in [1.54, 1.807) is 0 Å². The fourth-order valence-corrected chi connectivity index (χ4v) is 3.24. The smallest absolute Gasteiger partial charge is 0.0600 e. The molecular weight excluding hydrogens is 347 g/mol. The van der Waals surface area contributed by atoms with E-state index in [1.807, 2.05) is 6.07 Å². The summed E-state index contributed by atoms with van der Waals surface area (Å²) in [6, 6.07) is 15.1. The summed E-state index contributed by atoms with van der Waals surface area (Å²) in [6.07, 6.45) is 2.20. The Hall–Kier alpha value is -1.23. The summed E-state index contributed by atoms with van der Waals surface area (Å²) in [7, 11) is 0. The van der Waals surface area contributed by atoms with E-state index in [-0.39, 0.29) is 0 Å². The Kier molecular flexibility index (Phi) is 3.64. The van der Waals surface area contributed by atoms with E-state index in [0.717, 1.165) is 31.6 Å². The average Bonchev–Trinajstić information content (AvgIpc) is 2.62. The molecule has 19 heavy (non-hydrogen) atoms. The van der Waals surface area contributed by atoms with Gasteiger partial charge in [0.15, 0.2) is 0 Å². The van der Waals surface area contributed by atoms with Crippen molar-refractivity contribution in [1.82, 2.24) is 0 Å². The predicted molar refractivity (Wildman–Crippen MR) is 89.6 cm³/mol. The van der Waals surface area contributed by atoms with Gasteiger partial charge in [0.25, 0.3) is 0 Å². The average molecular weight is 364 g/mol. The van der Waals surface area contributed by atoms with Gasteiger partial charge in [-0.05, 0) is 64.8 Å². The number of hydrogen-bond donors (Lipinski definition) is 1. The second-order valence-corrected chi connectivity index (χ2v) is 6.20. The van der Waals surface area contributed by atoms with Crippen molar-refractivity contribution < 1.29 is 0 Å². The molecule has 0 amide bonds. The fraction of sp³-hybridized carbons (Fsp3) is 0.250. The molecule has 0 spiro atoms. The van der Waals surface area contributed by atoms with Crippen LogP contribution in [0.25, 0.3) is 0 Å². The molecule has 0 bridgehead atoms. The summed E-state index contributed by atoms with van der Waals surface area (Å²) in [4.78, 5) is 2.41. The van der Waals surface area contributed by atoms with Crippen LogP contribution in [-0.4, -0.2) is 13.1 Å². The number of fused-ring (bicyclic) bond motifs is 1. The van der Waals surface area contributed by atoms with Gasteiger partial charge in [0.05, 0.1) is 11.4 Å². The highest BCUT2D eigenvalue weighted by molar-refractivity contribution is 14.1. The van der Waals surface area contributed by atoms with Gasteiger partial charge in [0.2, 0.25) is 0 Å². The predicted octanol–water partition coefficient (Wildman–Crippen LogP) is 3.48. The van der Waals surface area contributed by atoms with Gasteiger partial charge in [0.1, 0.15) is 0 Å². The van der Waals surface area contributed by atoms with Crippen LogP contribution in [0.5, 0.6) is 0 Å². The van der Waals surface area contributed by atoms with E-state index >= 15 is 0 Å². The quantitative estimate of drug-likeness (QED) is 0.620. The Bertz CT molecular complexity index is 568. The van der Waals surface area contributed by atoms with E-state index in [1.165, 1.54) is 20.4 Å². The molecule has 0 fully saturated rings. The molecule has 1 aliphatic heterocycles. The number of nitrogen functional groups attached to an aromatic ring is 1. The minimum Gasteiger partial charge on any atom is -0.397 e. The lowest BCUT2D eigenvalue weighted by Crippen LogP contribution is -2.26. The maximum atomic E-state index is 6.16. The zero-order chi connectivity index (χ0) is 13.2. The highest BCUT2D eigenvalue weighted by atomic mass is 127. The molecule has 1 heterocycles. The molecule has 0 saturated heterocycles. The van der Waals surface area contributed by atoms with Gasteiger partial charge in [-0.3, -0.25) is 0 Å². The number of nitrogens with two attached hydrogens (primary N) is 1. The summed E-state index contributed by atoms with van der Waals surface area (Å²) in [5, 5.41) is 0. The maximum Gasteiger partial charge on any atom is 0.0600 e. The number of halogens is 1. The number of hydrogen-bond acceptors (Lipinski definition) is 2. The van der Waals surface area contributed by atoms with Gasteiger partial charge >= 0.3 is 0 Å². The molecular formula is C16H17IN2. The Balaban J connectivity index is 1.85.